The molecule has 0 spiro atoms. The van der Waals surface area contributed by atoms with Gasteiger partial charge in [0.05, 0.1) is 11.7 Å². The van der Waals surface area contributed by atoms with Gasteiger partial charge in [0.15, 0.2) is 17.3 Å². The Bertz CT molecular complexity index is 988. The van der Waals surface area contributed by atoms with Crippen LogP contribution in [0.3, 0.4) is 0 Å². The van der Waals surface area contributed by atoms with Crippen LogP contribution in [0.25, 0.3) is 11.1 Å². The Kier molecular flexibility index (Phi) is 3.91. The van der Waals surface area contributed by atoms with Crippen LogP contribution in [0.5, 0.6) is 5.75 Å². The van der Waals surface area contributed by atoms with E-state index in [4.69, 9.17) is 4.74 Å². The Balaban J connectivity index is 1.45. The molecule has 0 amide bonds. The van der Waals surface area contributed by atoms with Gasteiger partial charge < -0.3 is 20.1 Å². The van der Waals surface area contributed by atoms with Crippen molar-refractivity contribution in [2.24, 2.45) is 0 Å². The molecule has 1 aromatic heterocycles. The average molecular weight is 387 g/mol. The lowest BCUT2D eigenvalue weighted by Gasteiger charge is -2.47. The van der Waals surface area contributed by atoms with Gasteiger partial charge in [0.1, 0.15) is 0 Å². The maximum absolute atomic E-state index is 10.6. The molecular formula is C24H25N3O2. The van der Waals surface area contributed by atoms with Crippen molar-refractivity contribution < 1.29 is 9.84 Å². The Morgan fingerprint density at radius 2 is 1.83 bits per heavy atom. The highest BCUT2D eigenvalue weighted by molar-refractivity contribution is 5.73. The molecule has 2 saturated heterocycles. The van der Waals surface area contributed by atoms with Gasteiger partial charge in [-0.2, -0.15) is 0 Å². The first kappa shape index (κ1) is 17.1. The Hall–Kier alpha value is -2.79. The molecule has 1 aromatic carbocycles. The van der Waals surface area contributed by atoms with Crippen LogP contribution < -0.4 is 15.0 Å². The minimum atomic E-state index is 0.0711. The predicted octanol–water partition coefficient (Wildman–Crippen LogP) is 4.33. The number of nitrogens with zero attached hydrogens (tertiary/aromatic N) is 2. The fourth-order valence-electron chi connectivity index (χ4n) is 5.55. The second-order valence-electron chi connectivity index (χ2n) is 8.59. The van der Waals surface area contributed by atoms with Crippen LogP contribution in [-0.4, -0.2) is 34.3 Å². The van der Waals surface area contributed by atoms with Crippen LogP contribution in [0, 0.1) is 0 Å². The van der Waals surface area contributed by atoms with Crippen LogP contribution in [0.4, 0.5) is 5.69 Å². The molecule has 5 nitrogen and oxygen atoms in total. The van der Waals surface area contributed by atoms with E-state index in [2.05, 4.69) is 39.5 Å². The highest BCUT2D eigenvalue weighted by Crippen LogP contribution is 2.46. The third-order valence-corrected chi connectivity index (χ3v) is 6.84. The molecule has 29 heavy (non-hydrogen) atoms. The molecule has 1 aliphatic carbocycles. The quantitative estimate of drug-likeness (QED) is 0.803. The van der Waals surface area contributed by atoms with Crippen LogP contribution in [0.15, 0.2) is 66.4 Å². The number of rotatable bonds is 2. The number of hydrogen-bond acceptors (Lipinski definition) is 5. The van der Waals surface area contributed by atoms with Crippen molar-refractivity contribution in [2.45, 2.75) is 56.3 Å². The number of fused-ring (bicyclic) bond motifs is 4. The van der Waals surface area contributed by atoms with Crippen molar-refractivity contribution in [1.29, 1.82) is 0 Å². The highest BCUT2D eigenvalue weighted by Gasteiger charge is 2.43. The lowest BCUT2D eigenvalue weighted by atomic mass is 9.91. The van der Waals surface area contributed by atoms with E-state index in [1.54, 1.807) is 6.08 Å². The Morgan fingerprint density at radius 1 is 1.03 bits per heavy atom. The van der Waals surface area contributed by atoms with Gasteiger partial charge in [-0.1, -0.05) is 12.1 Å². The molecule has 2 fully saturated rings. The standard InChI is InChI=1S/C24H25N3O2/c28-22-3-1-2-21-24(22)29-23-12-16(15-8-10-25-11-9-15)4-7-20(23)27(21)19-13-17-5-6-18(14-19)26-17/h1,3-4,7-12,17-19,21,26,28H,2,5-6,13-14H2/t17-,18?,19?,21?/m0/s1. The second kappa shape index (κ2) is 6.63. The van der Waals surface area contributed by atoms with E-state index < -0.39 is 0 Å². The number of anilines is 1. The van der Waals surface area contributed by atoms with Gasteiger partial charge in [0.25, 0.3) is 0 Å². The van der Waals surface area contributed by atoms with E-state index in [1.165, 1.54) is 12.8 Å². The summed E-state index contributed by atoms with van der Waals surface area (Å²) >= 11 is 0. The molecule has 2 bridgehead atoms. The van der Waals surface area contributed by atoms with Gasteiger partial charge in [-0.05, 0) is 73.6 Å². The molecule has 4 atom stereocenters. The zero-order valence-corrected chi connectivity index (χ0v) is 16.3. The van der Waals surface area contributed by atoms with Gasteiger partial charge in [-0.15, -0.1) is 0 Å². The van der Waals surface area contributed by atoms with Crippen molar-refractivity contribution in [3.63, 3.8) is 0 Å². The van der Waals surface area contributed by atoms with Gasteiger partial charge >= 0.3 is 0 Å². The third kappa shape index (κ3) is 2.84. The van der Waals surface area contributed by atoms with Crippen molar-refractivity contribution in [3.05, 3.63) is 66.4 Å². The molecule has 0 radical (unpaired) electrons. The molecule has 148 valence electrons. The van der Waals surface area contributed by atoms with E-state index in [1.807, 2.05) is 24.5 Å². The van der Waals surface area contributed by atoms with Crippen LogP contribution in [-0.2, 0) is 0 Å². The van der Waals surface area contributed by atoms with Crippen LogP contribution in [0.1, 0.15) is 32.1 Å². The summed E-state index contributed by atoms with van der Waals surface area (Å²) in [6.45, 7) is 0. The maximum Gasteiger partial charge on any atom is 0.168 e. The fourth-order valence-corrected chi connectivity index (χ4v) is 5.55. The first-order valence-corrected chi connectivity index (χ1v) is 10.6. The van der Waals surface area contributed by atoms with Gasteiger partial charge in [0, 0.05) is 30.5 Å². The first-order valence-electron chi connectivity index (χ1n) is 10.6. The molecule has 6 rings (SSSR count). The number of aliphatic hydroxyl groups excluding tert-OH is 1. The molecule has 4 heterocycles. The number of allylic oxidation sites excluding steroid dienone is 1. The van der Waals surface area contributed by atoms with Crippen molar-refractivity contribution in [1.82, 2.24) is 10.3 Å². The monoisotopic (exact) mass is 387 g/mol. The zero-order chi connectivity index (χ0) is 19.4. The summed E-state index contributed by atoms with van der Waals surface area (Å²) in [5, 5.41) is 14.3. The van der Waals surface area contributed by atoms with Crippen LogP contribution >= 0.6 is 0 Å². The molecule has 5 heteroatoms. The van der Waals surface area contributed by atoms with Crippen molar-refractivity contribution in [3.8, 4) is 16.9 Å². The third-order valence-electron chi connectivity index (χ3n) is 6.84. The molecule has 2 aromatic rings. The topological polar surface area (TPSA) is 57.6 Å². The second-order valence-corrected chi connectivity index (χ2v) is 8.59. The number of piperidine rings is 1. The molecule has 3 unspecified atom stereocenters. The lowest BCUT2D eigenvalue weighted by molar-refractivity contribution is 0.267. The number of nitrogens with one attached hydrogen (secondary N) is 1. The maximum atomic E-state index is 10.6. The summed E-state index contributed by atoms with van der Waals surface area (Å²) in [6.07, 6.45) is 13.2. The summed E-state index contributed by atoms with van der Waals surface area (Å²) in [4.78, 5) is 6.66. The van der Waals surface area contributed by atoms with E-state index in [-0.39, 0.29) is 11.8 Å². The molecule has 2 N–H and O–H groups in total. The summed E-state index contributed by atoms with van der Waals surface area (Å²) in [7, 11) is 0. The normalized spacial score (nSPS) is 30.0. The summed E-state index contributed by atoms with van der Waals surface area (Å²) in [5.41, 5.74) is 3.36. The predicted molar refractivity (Wildman–Crippen MR) is 113 cm³/mol. The SMILES string of the molecule is OC1=C2Oc3cc(-c4ccncc4)ccc3N(C3CC4CC[C@@H](C3)N4)C2CC=C1. The zero-order valence-electron chi connectivity index (χ0n) is 16.3. The van der Waals surface area contributed by atoms with Crippen LogP contribution in [0.2, 0.25) is 0 Å². The number of hydrogen-bond donors (Lipinski definition) is 2. The van der Waals surface area contributed by atoms with E-state index in [0.717, 1.165) is 41.8 Å². The largest absolute Gasteiger partial charge is 0.504 e. The van der Waals surface area contributed by atoms with Crippen molar-refractivity contribution in [2.75, 3.05) is 4.90 Å². The van der Waals surface area contributed by atoms with Crippen molar-refractivity contribution >= 4 is 5.69 Å². The number of ether oxygens (including phenoxy) is 1. The molecule has 3 aliphatic heterocycles. The Morgan fingerprint density at radius 3 is 2.62 bits per heavy atom. The fraction of sp³-hybridized carbons (Fsp3) is 0.375. The molecule has 4 aliphatic rings. The van der Waals surface area contributed by atoms with Gasteiger partial charge in [0.2, 0.25) is 0 Å². The molecule has 0 saturated carbocycles. The average Bonchev–Trinajstić information content (AvgIpc) is 3.10. The number of aromatic nitrogens is 1. The van der Waals surface area contributed by atoms with E-state index >= 15 is 0 Å². The van der Waals surface area contributed by atoms with E-state index in [9.17, 15) is 5.11 Å². The minimum absolute atomic E-state index is 0.0711. The summed E-state index contributed by atoms with van der Waals surface area (Å²) in [5.74, 6) is 1.78. The van der Waals surface area contributed by atoms with Gasteiger partial charge in [-0.25, -0.2) is 0 Å². The highest BCUT2D eigenvalue weighted by atomic mass is 16.5. The Labute approximate surface area is 170 Å². The number of benzene rings is 1. The molecular weight excluding hydrogens is 362 g/mol. The summed E-state index contributed by atoms with van der Waals surface area (Å²) < 4.78 is 6.31. The first-order chi connectivity index (χ1) is 14.3. The number of pyridine rings is 1. The number of aliphatic hydroxyl groups is 1. The smallest absolute Gasteiger partial charge is 0.168 e. The minimum Gasteiger partial charge on any atom is -0.504 e. The summed E-state index contributed by atoms with van der Waals surface area (Å²) in [6, 6.07) is 12.2. The lowest BCUT2D eigenvalue weighted by Crippen LogP contribution is -2.54. The van der Waals surface area contributed by atoms with E-state index in [0.29, 0.717) is 23.9 Å². The van der Waals surface area contributed by atoms with Gasteiger partial charge in [-0.3, -0.25) is 4.98 Å².